The minimum atomic E-state index is -4.40. The molecule has 0 bridgehead atoms. The third-order valence-corrected chi connectivity index (χ3v) is 4.90. The second kappa shape index (κ2) is 8.51. The predicted octanol–water partition coefficient (Wildman–Crippen LogP) is 3.64. The van der Waals surface area contributed by atoms with Crippen molar-refractivity contribution in [2.24, 2.45) is 5.92 Å². The first-order valence-electron chi connectivity index (χ1n) is 8.30. The number of aromatic nitrogens is 1. The van der Waals surface area contributed by atoms with Gasteiger partial charge in [0, 0.05) is 24.6 Å². The maximum Gasteiger partial charge on any atom is 0.416 e. The molecule has 0 saturated carbocycles. The molecular weight excluding hydrogens is 379 g/mol. The van der Waals surface area contributed by atoms with Crippen LogP contribution in [-0.2, 0) is 11.0 Å². The zero-order chi connectivity index (χ0) is 20.2. The van der Waals surface area contributed by atoms with E-state index in [1.54, 1.807) is 20.8 Å². The number of nitrogens with zero attached hydrogens (tertiary/aromatic N) is 1. The first-order valence-corrected chi connectivity index (χ1v) is 9.12. The molecule has 2 aromatic rings. The van der Waals surface area contributed by atoms with Gasteiger partial charge in [0.1, 0.15) is 9.88 Å². The highest BCUT2D eigenvalue weighted by molar-refractivity contribution is 7.17. The van der Waals surface area contributed by atoms with Crippen molar-refractivity contribution in [3.63, 3.8) is 0 Å². The standard InChI is InChI=1S/C18H20F3N3O2S/c1-10(2)15(25)22-8-9-23-16(26)14-11(3)24-17(27-14)12-4-6-13(7-5-12)18(19,20)21/h4-7,10H,8-9H2,1-3H3,(H,22,25)(H,23,26). The third-order valence-electron chi connectivity index (χ3n) is 3.70. The average Bonchev–Trinajstić information content (AvgIpc) is 2.99. The van der Waals surface area contributed by atoms with Gasteiger partial charge in [0.05, 0.1) is 11.3 Å². The lowest BCUT2D eigenvalue weighted by Crippen LogP contribution is -2.36. The van der Waals surface area contributed by atoms with Crippen LogP contribution >= 0.6 is 11.3 Å². The summed E-state index contributed by atoms with van der Waals surface area (Å²) in [6.45, 7) is 5.80. The summed E-state index contributed by atoms with van der Waals surface area (Å²) in [6.07, 6.45) is -4.40. The number of hydrogen-bond donors (Lipinski definition) is 2. The lowest BCUT2D eigenvalue weighted by Gasteiger charge is -2.08. The Kier molecular flexibility index (Phi) is 6.59. The van der Waals surface area contributed by atoms with Crippen molar-refractivity contribution >= 4 is 23.2 Å². The van der Waals surface area contributed by atoms with E-state index >= 15 is 0 Å². The first-order chi connectivity index (χ1) is 12.6. The van der Waals surface area contributed by atoms with E-state index in [1.807, 2.05) is 0 Å². The van der Waals surface area contributed by atoms with Crippen molar-refractivity contribution in [3.05, 3.63) is 40.4 Å². The zero-order valence-electron chi connectivity index (χ0n) is 15.1. The quantitative estimate of drug-likeness (QED) is 0.729. The van der Waals surface area contributed by atoms with Crippen molar-refractivity contribution in [2.45, 2.75) is 26.9 Å². The maximum absolute atomic E-state index is 12.6. The Bertz CT molecular complexity index is 814. The van der Waals surface area contributed by atoms with Crippen LogP contribution in [-0.4, -0.2) is 29.9 Å². The summed E-state index contributed by atoms with van der Waals surface area (Å²) in [6, 6.07) is 4.65. The van der Waals surface area contributed by atoms with Gasteiger partial charge in [0.2, 0.25) is 5.91 Å². The van der Waals surface area contributed by atoms with E-state index in [2.05, 4.69) is 15.6 Å². The topological polar surface area (TPSA) is 71.1 Å². The normalized spacial score (nSPS) is 11.5. The Morgan fingerprint density at radius 2 is 1.70 bits per heavy atom. The van der Waals surface area contributed by atoms with Gasteiger partial charge in [-0.2, -0.15) is 13.2 Å². The molecule has 1 heterocycles. The van der Waals surface area contributed by atoms with Crippen LogP contribution in [0.1, 0.15) is 34.8 Å². The van der Waals surface area contributed by atoms with Crippen molar-refractivity contribution in [2.75, 3.05) is 13.1 Å². The number of aryl methyl sites for hydroxylation is 1. The molecule has 2 rings (SSSR count). The number of hydrogen-bond acceptors (Lipinski definition) is 4. The molecule has 27 heavy (non-hydrogen) atoms. The fourth-order valence-electron chi connectivity index (χ4n) is 2.18. The molecule has 0 spiro atoms. The number of alkyl halides is 3. The van der Waals surface area contributed by atoms with Gasteiger partial charge in [0.15, 0.2) is 0 Å². The Balaban J connectivity index is 2.01. The van der Waals surface area contributed by atoms with Crippen LogP contribution < -0.4 is 10.6 Å². The zero-order valence-corrected chi connectivity index (χ0v) is 15.9. The molecule has 0 aliphatic rings. The molecule has 0 radical (unpaired) electrons. The van der Waals surface area contributed by atoms with Crippen LogP contribution in [0.4, 0.5) is 13.2 Å². The Labute approximate surface area is 159 Å². The van der Waals surface area contributed by atoms with E-state index in [4.69, 9.17) is 0 Å². The van der Waals surface area contributed by atoms with E-state index < -0.39 is 11.7 Å². The molecule has 1 aromatic heterocycles. The minimum Gasteiger partial charge on any atom is -0.354 e. The van der Waals surface area contributed by atoms with Crippen LogP contribution in [0.2, 0.25) is 0 Å². The van der Waals surface area contributed by atoms with E-state index in [0.717, 1.165) is 23.5 Å². The fourth-order valence-corrected chi connectivity index (χ4v) is 3.17. The molecule has 5 nitrogen and oxygen atoms in total. The molecular formula is C18H20F3N3O2S. The molecule has 0 aliphatic heterocycles. The molecule has 146 valence electrons. The molecule has 2 amide bonds. The summed E-state index contributed by atoms with van der Waals surface area (Å²) in [5.41, 5.74) is 0.277. The van der Waals surface area contributed by atoms with Gasteiger partial charge in [-0.05, 0) is 19.1 Å². The number of thiazole rings is 1. The largest absolute Gasteiger partial charge is 0.416 e. The number of nitrogens with one attached hydrogen (secondary N) is 2. The molecule has 9 heteroatoms. The summed E-state index contributed by atoms with van der Waals surface area (Å²) < 4.78 is 37.9. The summed E-state index contributed by atoms with van der Waals surface area (Å²) in [5.74, 6) is -0.555. The van der Waals surface area contributed by atoms with E-state index in [-0.39, 0.29) is 24.3 Å². The summed E-state index contributed by atoms with van der Waals surface area (Å²) in [5, 5.41) is 5.86. The number of halogens is 3. The first kappa shape index (κ1) is 20.9. The monoisotopic (exact) mass is 399 g/mol. The highest BCUT2D eigenvalue weighted by atomic mass is 32.1. The van der Waals surface area contributed by atoms with Gasteiger partial charge in [-0.3, -0.25) is 9.59 Å². The predicted molar refractivity (Wildman–Crippen MR) is 97.5 cm³/mol. The van der Waals surface area contributed by atoms with Crippen molar-refractivity contribution in [1.29, 1.82) is 0 Å². The van der Waals surface area contributed by atoms with Crippen molar-refractivity contribution in [1.82, 2.24) is 15.6 Å². The summed E-state index contributed by atoms with van der Waals surface area (Å²) in [4.78, 5) is 28.4. The fraction of sp³-hybridized carbons (Fsp3) is 0.389. The number of amides is 2. The van der Waals surface area contributed by atoms with Crippen LogP contribution in [0.3, 0.4) is 0 Å². The van der Waals surface area contributed by atoms with Gasteiger partial charge in [0.25, 0.3) is 5.91 Å². The number of rotatable bonds is 6. The molecule has 0 unspecified atom stereocenters. The Hall–Kier alpha value is -2.42. The van der Waals surface area contributed by atoms with Crippen LogP contribution in [0.5, 0.6) is 0 Å². The van der Waals surface area contributed by atoms with Gasteiger partial charge >= 0.3 is 6.18 Å². The smallest absolute Gasteiger partial charge is 0.354 e. The van der Waals surface area contributed by atoms with E-state index in [9.17, 15) is 22.8 Å². The van der Waals surface area contributed by atoms with Crippen molar-refractivity contribution < 1.29 is 22.8 Å². The molecule has 0 atom stereocenters. The molecule has 0 fully saturated rings. The molecule has 0 aliphatic carbocycles. The highest BCUT2D eigenvalue weighted by Crippen LogP contribution is 2.32. The van der Waals surface area contributed by atoms with Crippen molar-refractivity contribution in [3.8, 4) is 10.6 Å². The van der Waals surface area contributed by atoms with Gasteiger partial charge in [-0.1, -0.05) is 26.0 Å². The Morgan fingerprint density at radius 3 is 2.26 bits per heavy atom. The van der Waals surface area contributed by atoms with Crippen LogP contribution in [0.25, 0.3) is 10.6 Å². The Morgan fingerprint density at radius 1 is 1.11 bits per heavy atom. The number of benzene rings is 1. The summed E-state index contributed by atoms with van der Waals surface area (Å²) >= 11 is 1.11. The molecule has 2 N–H and O–H groups in total. The SMILES string of the molecule is Cc1nc(-c2ccc(C(F)(F)F)cc2)sc1C(=O)NCCNC(=O)C(C)C. The molecule has 0 saturated heterocycles. The number of carbonyl (C=O) groups excluding carboxylic acids is 2. The second-order valence-electron chi connectivity index (χ2n) is 6.21. The average molecular weight is 399 g/mol. The van der Waals surface area contributed by atoms with Gasteiger partial charge in [-0.25, -0.2) is 4.98 Å². The second-order valence-corrected chi connectivity index (χ2v) is 7.21. The van der Waals surface area contributed by atoms with Gasteiger partial charge in [-0.15, -0.1) is 11.3 Å². The lowest BCUT2D eigenvalue weighted by molar-refractivity contribution is -0.137. The maximum atomic E-state index is 12.6. The lowest BCUT2D eigenvalue weighted by atomic mass is 10.1. The molecule has 1 aromatic carbocycles. The van der Waals surface area contributed by atoms with Gasteiger partial charge < -0.3 is 10.6 Å². The van der Waals surface area contributed by atoms with E-state index in [1.165, 1.54) is 12.1 Å². The minimum absolute atomic E-state index is 0.0946. The summed E-state index contributed by atoms with van der Waals surface area (Å²) in [7, 11) is 0. The van der Waals surface area contributed by atoms with Crippen LogP contribution in [0, 0.1) is 12.8 Å². The highest BCUT2D eigenvalue weighted by Gasteiger charge is 2.30. The number of carbonyl (C=O) groups is 2. The van der Waals surface area contributed by atoms with E-state index in [0.29, 0.717) is 27.7 Å². The van der Waals surface area contributed by atoms with Crippen LogP contribution in [0.15, 0.2) is 24.3 Å². The third kappa shape index (κ3) is 5.53.